The van der Waals surface area contributed by atoms with Gasteiger partial charge in [0.15, 0.2) is 0 Å². The fraction of sp³-hybridized carbons (Fsp3) is 0.625. The monoisotopic (exact) mass is 170 g/mol. The zero-order chi connectivity index (χ0) is 8.43. The zero-order valence-corrected chi connectivity index (χ0v) is 7.98. The average Bonchev–Trinajstić information content (AvgIpc) is 2.32. The number of hydrogen-bond donors (Lipinski definition) is 1. The summed E-state index contributed by atoms with van der Waals surface area (Å²) in [7, 11) is 0. The maximum atomic E-state index is 5.77. The molecule has 0 bridgehead atoms. The van der Waals surface area contributed by atoms with Crippen molar-refractivity contribution in [1.29, 1.82) is 0 Å². The largest absolute Gasteiger partial charge is 0.323 e. The molecule has 2 N–H and O–H groups in total. The van der Waals surface area contributed by atoms with E-state index in [1.54, 1.807) is 11.3 Å². The molecule has 0 radical (unpaired) electrons. The smallest absolute Gasteiger partial charge is 0.0798 e. The van der Waals surface area contributed by atoms with E-state index in [1.807, 2.05) is 12.4 Å². The van der Waals surface area contributed by atoms with Crippen molar-refractivity contribution in [3.8, 4) is 0 Å². The second kappa shape index (κ2) is 3.32. The van der Waals surface area contributed by atoms with Crippen LogP contribution in [0.25, 0.3) is 0 Å². The van der Waals surface area contributed by atoms with E-state index in [1.165, 1.54) is 4.88 Å². The quantitative estimate of drug-likeness (QED) is 0.739. The first-order valence-corrected chi connectivity index (χ1v) is 4.69. The van der Waals surface area contributed by atoms with Crippen molar-refractivity contribution in [1.82, 2.24) is 4.98 Å². The summed E-state index contributed by atoms with van der Waals surface area (Å²) in [4.78, 5) is 5.50. The van der Waals surface area contributed by atoms with E-state index in [-0.39, 0.29) is 6.04 Å². The summed E-state index contributed by atoms with van der Waals surface area (Å²) in [6.45, 7) is 6.28. The summed E-state index contributed by atoms with van der Waals surface area (Å²) < 4.78 is 0. The Morgan fingerprint density at radius 3 is 2.45 bits per heavy atom. The van der Waals surface area contributed by atoms with Gasteiger partial charge in [0.1, 0.15) is 0 Å². The van der Waals surface area contributed by atoms with Gasteiger partial charge in [-0.3, -0.25) is 0 Å². The van der Waals surface area contributed by atoms with Gasteiger partial charge in [-0.25, -0.2) is 4.98 Å². The molecule has 0 amide bonds. The predicted molar refractivity (Wildman–Crippen MR) is 48.8 cm³/mol. The second-order valence-electron chi connectivity index (χ2n) is 3.05. The van der Waals surface area contributed by atoms with Crippen LogP contribution >= 0.6 is 11.3 Å². The van der Waals surface area contributed by atoms with Crippen LogP contribution in [0.4, 0.5) is 0 Å². The van der Waals surface area contributed by atoms with Gasteiger partial charge in [0.05, 0.1) is 11.2 Å². The minimum atomic E-state index is 0.125. The standard InChI is InChI=1S/C8H14N2S/c1-5(2)7-8(6(3)9)11-4-10-7/h4-6H,9H2,1-3H3. The Bertz CT molecular complexity index is 205. The lowest BCUT2D eigenvalue weighted by molar-refractivity contribution is 0.762. The summed E-state index contributed by atoms with van der Waals surface area (Å²) in [5.41, 5.74) is 8.79. The molecule has 0 fully saturated rings. The fourth-order valence-corrected chi connectivity index (χ4v) is 1.94. The van der Waals surface area contributed by atoms with Gasteiger partial charge in [0.2, 0.25) is 0 Å². The molecule has 2 nitrogen and oxygen atoms in total. The predicted octanol–water partition coefficient (Wildman–Crippen LogP) is 2.29. The van der Waals surface area contributed by atoms with Crippen molar-refractivity contribution in [2.24, 2.45) is 5.73 Å². The Hall–Kier alpha value is -0.410. The molecule has 1 aromatic rings. The highest BCUT2D eigenvalue weighted by atomic mass is 32.1. The van der Waals surface area contributed by atoms with Crippen molar-refractivity contribution < 1.29 is 0 Å². The SMILES string of the molecule is CC(C)c1ncsc1C(C)N. The fourth-order valence-electron chi connectivity index (χ4n) is 1.04. The van der Waals surface area contributed by atoms with E-state index >= 15 is 0 Å². The zero-order valence-electron chi connectivity index (χ0n) is 7.16. The van der Waals surface area contributed by atoms with E-state index in [0.29, 0.717) is 5.92 Å². The van der Waals surface area contributed by atoms with Crippen LogP contribution in [-0.2, 0) is 0 Å². The van der Waals surface area contributed by atoms with Crippen molar-refractivity contribution >= 4 is 11.3 Å². The van der Waals surface area contributed by atoms with Crippen molar-refractivity contribution in [3.63, 3.8) is 0 Å². The lowest BCUT2D eigenvalue weighted by atomic mass is 10.1. The molecule has 0 saturated carbocycles. The van der Waals surface area contributed by atoms with Gasteiger partial charge in [-0.15, -0.1) is 11.3 Å². The number of nitrogens with zero attached hydrogens (tertiary/aromatic N) is 1. The molecule has 0 spiro atoms. The third-order valence-corrected chi connectivity index (χ3v) is 2.63. The van der Waals surface area contributed by atoms with E-state index in [4.69, 9.17) is 5.73 Å². The van der Waals surface area contributed by atoms with E-state index < -0.39 is 0 Å². The highest BCUT2D eigenvalue weighted by Crippen LogP contribution is 2.25. The number of hydrogen-bond acceptors (Lipinski definition) is 3. The van der Waals surface area contributed by atoms with Gasteiger partial charge in [-0.2, -0.15) is 0 Å². The van der Waals surface area contributed by atoms with Crippen LogP contribution in [-0.4, -0.2) is 4.98 Å². The van der Waals surface area contributed by atoms with Crippen molar-refractivity contribution in [2.45, 2.75) is 32.7 Å². The van der Waals surface area contributed by atoms with E-state index in [0.717, 1.165) is 5.69 Å². The van der Waals surface area contributed by atoms with E-state index in [9.17, 15) is 0 Å². The summed E-state index contributed by atoms with van der Waals surface area (Å²) in [5, 5.41) is 0. The molecule has 1 atom stereocenters. The third kappa shape index (κ3) is 1.79. The normalized spacial score (nSPS) is 13.9. The molecular formula is C8H14N2S. The van der Waals surface area contributed by atoms with Crippen LogP contribution < -0.4 is 5.73 Å². The topological polar surface area (TPSA) is 38.9 Å². The van der Waals surface area contributed by atoms with Gasteiger partial charge in [0.25, 0.3) is 0 Å². The number of nitrogens with two attached hydrogens (primary N) is 1. The van der Waals surface area contributed by atoms with Gasteiger partial charge < -0.3 is 5.73 Å². The number of rotatable bonds is 2. The molecule has 3 heteroatoms. The Kier molecular flexibility index (Phi) is 2.62. The molecule has 1 rings (SSSR count). The van der Waals surface area contributed by atoms with E-state index in [2.05, 4.69) is 18.8 Å². The second-order valence-corrected chi connectivity index (χ2v) is 3.93. The highest BCUT2D eigenvalue weighted by Gasteiger charge is 2.12. The molecule has 0 aromatic carbocycles. The van der Waals surface area contributed by atoms with Crippen LogP contribution in [0.15, 0.2) is 5.51 Å². The first kappa shape index (κ1) is 8.68. The lowest BCUT2D eigenvalue weighted by Gasteiger charge is -2.07. The molecule has 11 heavy (non-hydrogen) atoms. The lowest BCUT2D eigenvalue weighted by Crippen LogP contribution is -2.06. The van der Waals surface area contributed by atoms with Gasteiger partial charge >= 0.3 is 0 Å². The molecule has 0 aliphatic rings. The first-order chi connectivity index (χ1) is 5.13. The summed E-state index contributed by atoms with van der Waals surface area (Å²) in [5.74, 6) is 0.488. The molecule has 62 valence electrons. The molecule has 1 aromatic heterocycles. The molecule has 1 unspecified atom stereocenters. The van der Waals surface area contributed by atoms with Crippen LogP contribution in [0.3, 0.4) is 0 Å². The summed E-state index contributed by atoms with van der Waals surface area (Å²) >= 11 is 1.65. The van der Waals surface area contributed by atoms with Gasteiger partial charge in [-0.1, -0.05) is 13.8 Å². The van der Waals surface area contributed by atoms with Crippen LogP contribution in [0.5, 0.6) is 0 Å². The minimum absolute atomic E-state index is 0.125. The third-order valence-electron chi connectivity index (χ3n) is 1.58. The van der Waals surface area contributed by atoms with Crippen LogP contribution in [0.1, 0.15) is 43.3 Å². The maximum Gasteiger partial charge on any atom is 0.0798 e. The van der Waals surface area contributed by atoms with Gasteiger partial charge in [-0.05, 0) is 12.8 Å². The average molecular weight is 170 g/mol. The molecule has 0 saturated heterocycles. The Morgan fingerprint density at radius 2 is 2.09 bits per heavy atom. The Balaban J connectivity index is 2.96. The highest BCUT2D eigenvalue weighted by molar-refractivity contribution is 7.09. The number of aromatic nitrogens is 1. The molecule has 0 aliphatic heterocycles. The van der Waals surface area contributed by atoms with Crippen molar-refractivity contribution in [2.75, 3.05) is 0 Å². The Labute approximate surface area is 71.5 Å². The van der Waals surface area contributed by atoms with Crippen LogP contribution in [0.2, 0.25) is 0 Å². The number of thiazole rings is 1. The van der Waals surface area contributed by atoms with Crippen molar-refractivity contribution in [3.05, 3.63) is 16.1 Å². The first-order valence-electron chi connectivity index (χ1n) is 3.81. The molecular weight excluding hydrogens is 156 g/mol. The minimum Gasteiger partial charge on any atom is -0.323 e. The maximum absolute atomic E-state index is 5.77. The van der Waals surface area contributed by atoms with Crippen LogP contribution in [0, 0.1) is 0 Å². The molecule has 0 aliphatic carbocycles. The molecule has 1 heterocycles. The summed E-state index contributed by atoms with van der Waals surface area (Å²) in [6.07, 6.45) is 0. The van der Waals surface area contributed by atoms with Gasteiger partial charge in [0, 0.05) is 10.9 Å². The Morgan fingerprint density at radius 1 is 1.45 bits per heavy atom. The summed E-state index contributed by atoms with van der Waals surface area (Å²) in [6, 6.07) is 0.125.